The van der Waals surface area contributed by atoms with Crippen LogP contribution in [0.25, 0.3) is 11.0 Å². The van der Waals surface area contributed by atoms with Crippen LogP contribution < -0.4 is 14.9 Å². The summed E-state index contributed by atoms with van der Waals surface area (Å²) in [6, 6.07) is 11.8. The minimum absolute atomic E-state index is 0.0569. The monoisotopic (exact) mass is 505 g/mol. The lowest BCUT2D eigenvalue weighted by atomic mass is 9.98. The third kappa shape index (κ3) is 4.71. The van der Waals surface area contributed by atoms with E-state index >= 15 is 0 Å². The number of fused-ring (bicyclic) bond motifs is 2. The Morgan fingerprint density at radius 2 is 1.86 bits per heavy atom. The van der Waals surface area contributed by atoms with E-state index in [1.165, 1.54) is 23.3 Å². The molecular formula is C29H28FNO6. The maximum absolute atomic E-state index is 14.0. The first-order valence-electron chi connectivity index (χ1n) is 12.5. The van der Waals surface area contributed by atoms with E-state index in [1.54, 1.807) is 24.3 Å². The summed E-state index contributed by atoms with van der Waals surface area (Å²) in [6.07, 6.45) is 4.60. The van der Waals surface area contributed by atoms with Crippen LogP contribution in [0, 0.1) is 5.82 Å². The third-order valence-electron chi connectivity index (χ3n) is 6.42. The number of carbonyl (C=O) groups is 1. The number of furan rings is 1. The molecule has 1 amide bonds. The number of rotatable bonds is 10. The molecule has 0 aliphatic carbocycles. The summed E-state index contributed by atoms with van der Waals surface area (Å²) >= 11 is 0. The van der Waals surface area contributed by atoms with Crippen molar-refractivity contribution in [2.45, 2.75) is 45.7 Å². The second-order valence-corrected chi connectivity index (χ2v) is 8.92. The van der Waals surface area contributed by atoms with Crippen molar-refractivity contribution in [1.29, 1.82) is 0 Å². The zero-order valence-corrected chi connectivity index (χ0v) is 20.8. The summed E-state index contributed by atoms with van der Waals surface area (Å²) in [6.45, 7) is 5.09. The largest absolute Gasteiger partial charge is 0.490 e. The van der Waals surface area contributed by atoms with Gasteiger partial charge in [0.05, 0.1) is 43.0 Å². The van der Waals surface area contributed by atoms with Crippen LogP contribution in [0.2, 0.25) is 0 Å². The van der Waals surface area contributed by atoms with Crippen LogP contribution >= 0.6 is 0 Å². The maximum Gasteiger partial charge on any atom is 0.291 e. The fourth-order valence-electron chi connectivity index (χ4n) is 4.69. The summed E-state index contributed by atoms with van der Waals surface area (Å²) in [5.74, 6) is 0.602. The second-order valence-electron chi connectivity index (χ2n) is 8.92. The van der Waals surface area contributed by atoms with E-state index in [0.29, 0.717) is 36.0 Å². The lowest BCUT2D eigenvalue weighted by Crippen LogP contribution is -2.29. The van der Waals surface area contributed by atoms with Crippen molar-refractivity contribution in [1.82, 2.24) is 4.90 Å². The number of hydrogen-bond donors (Lipinski definition) is 0. The summed E-state index contributed by atoms with van der Waals surface area (Å²) in [7, 11) is 0. The van der Waals surface area contributed by atoms with Crippen LogP contribution in [0.15, 0.2) is 68.4 Å². The van der Waals surface area contributed by atoms with Crippen LogP contribution in [-0.2, 0) is 6.54 Å². The molecule has 0 spiro atoms. The highest BCUT2D eigenvalue weighted by Gasteiger charge is 2.43. The molecule has 0 radical (unpaired) electrons. The summed E-state index contributed by atoms with van der Waals surface area (Å²) in [5.41, 5.74) is 0.511. The Labute approximate surface area is 213 Å². The highest BCUT2D eigenvalue weighted by atomic mass is 19.1. The lowest BCUT2D eigenvalue weighted by Gasteiger charge is -2.25. The SMILES string of the molecule is CCCCCOc1ccc(C2c3c(oc4ccc(F)cc4c3=O)C(=O)N2Cc2ccco2)cc1OCC. The van der Waals surface area contributed by atoms with Crippen molar-refractivity contribution >= 4 is 16.9 Å². The number of nitrogens with zero attached hydrogens (tertiary/aromatic N) is 1. The van der Waals surface area contributed by atoms with Gasteiger partial charge in [-0.15, -0.1) is 0 Å². The molecule has 1 unspecified atom stereocenters. The topological polar surface area (TPSA) is 82.1 Å². The molecule has 7 nitrogen and oxygen atoms in total. The molecule has 1 aliphatic heterocycles. The average Bonchev–Trinajstić information content (AvgIpc) is 3.50. The molecule has 0 bridgehead atoms. The van der Waals surface area contributed by atoms with Gasteiger partial charge in [0.25, 0.3) is 5.91 Å². The number of halogens is 1. The van der Waals surface area contributed by atoms with E-state index in [0.717, 1.165) is 25.3 Å². The molecule has 0 saturated carbocycles. The number of amides is 1. The highest BCUT2D eigenvalue weighted by Crippen LogP contribution is 2.42. The van der Waals surface area contributed by atoms with Crippen LogP contribution in [0.4, 0.5) is 4.39 Å². The Kier molecular flexibility index (Phi) is 6.99. The highest BCUT2D eigenvalue weighted by molar-refractivity contribution is 5.99. The van der Waals surface area contributed by atoms with E-state index in [-0.39, 0.29) is 28.8 Å². The van der Waals surface area contributed by atoms with Gasteiger partial charge in [0.2, 0.25) is 5.76 Å². The molecular weight excluding hydrogens is 477 g/mol. The Morgan fingerprint density at radius 3 is 2.62 bits per heavy atom. The predicted octanol–water partition coefficient (Wildman–Crippen LogP) is 6.24. The van der Waals surface area contributed by atoms with Crippen molar-refractivity contribution in [2.24, 2.45) is 0 Å². The Bertz CT molecular complexity index is 1480. The van der Waals surface area contributed by atoms with E-state index in [1.807, 2.05) is 13.0 Å². The molecule has 37 heavy (non-hydrogen) atoms. The molecule has 0 fully saturated rings. The van der Waals surface area contributed by atoms with E-state index < -0.39 is 23.2 Å². The smallest absolute Gasteiger partial charge is 0.291 e. The van der Waals surface area contributed by atoms with Crippen molar-refractivity contribution in [3.63, 3.8) is 0 Å². The molecule has 8 heteroatoms. The van der Waals surface area contributed by atoms with Gasteiger partial charge >= 0.3 is 0 Å². The lowest BCUT2D eigenvalue weighted by molar-refractivity contribution is 0.0701. The minimum atomic E-state index is -0.787. The van der Waals surface area contributed by atoms with Gasteiger partial charge < -0.3 is 23.2 Å². The third-order valence-corrected chi connectivity index (χ3v) is 6.42. The molecule has 0 saturated heterocycles. The van der Waals surface area contributed by atoms with Gasteiger partial charge in [0, 0.05) is 0 Å². The second kappa shape index (κ2) is 10.5. The van der Waals surface area contributed by atoms with Crippen LogP contribution in [0.3, 0.4) is 0 Å². The zero-order chi connectivity index (χ0) is 25.9. The van der Waals surface area contributed by atoms with Gasteiger partial charge in [-0.3, -0.25) is 9.59 Å². The van der Waals surface area contributed by atoms with Gasteiger partial charge in [0.1, 0.15) is 17.2 Å². The summed E-state index contributed by atoms with van der Waals surface area (Å²) < 4.78 is 37.2. The first-order valence-corrected chi connectivity index (χ1v) is 12.5. The van der Waals surface area contributed by atoms with E-state index in [9.17, 15) is 14.0 Å². The molecule has 1 atom stereocenters. The summed E-state index contributed by atoms with van der Waals surface area (Å²) in [4.78, 5) is 28.7. The molecule has 5 rings (SSSR count). The fourth-order valence-corrected chi connectivity index (χ4v) is 4.69. The Morgan fingerprint density at radius 1 is 1.00 bits per heavy atom. The first-order chi connectivity index (χ1) is 18.0. The molecule has 4 aromatic rings. The van der Waals surface area contributed by atoms with Crippen LogP contribution in [-0.4, -0.2) is 24.0 Å². The van der Waals surface area contributed by atoms with Crippen molar-refractivity contribution in [3.05, 3.63) is 93.5 Å². The van der Waals surface area contributed by atoms with Crippen molar-refractivity contribution < 1.29 is 27.5 Å². The molecule has 2 aromatic heterocycles. The fraction of sp³-hybridized carbons (Fsp3) is 0.310. The molecule has 1 aliphatic rings. The van der Waals surface area contributed by atoms with Gasteiger partial charge in [-0.1, -0.05) is 25.8 Å². The molecule has 0 N–H and O–H groups in total. The number of benzene rings is 2. The zero-order valence-electron chi connectivity index (χ0n) is 20.8. The van der Waals surface area contributed by atoms with Gasteiger partial charge in [-0.05, 0) is 61.4 Å². The van der Waals surface area contributed by atoms with Crippen molar-refractivity contribution in [3.8, 4) is 11.5 Å². The van der Waals surface area contributed by atoms with E-state index in [4.69, 9.17) is 18.3 Å². The van der Waals surface area contributed by atoms with E-state index in [2.05, 4.69) is 6.92 Å². The van der Waals surface area contributed by atoms with Gasteiger partial charge in [-0.2, -0.15) is 0 Å². The van der Waals surface area contributed by atoms with Gasteiger partial charge in [-0.25, -0.2) is 4.39 Å². The summed E-state index contributed by atoms with van der Waals surface area (Å²) in [5, 5.41) is 0.0808. The number of ether oxygens (including phenoxy) is 2. The van der Waals surface area contributed by atoms with Crippen LogP contribution in [0.1, 0.15) is 66.6 Å². The Balaban J connectivity index is 1.62. The standard InChI is InChI=1S/C29H28FNO6/c1-3-5-6-13-36-23-11-9-18(15-24(23)34-4-2)26-25-27(32)21-16-19(30)10-12-22(21)37-28(25)29(33)31(26)17-20-8-7-14-35-20/h7-12,14-16,26H,3-6,13,17H2,1-2H3. The quantitative estimate of drug-likeness (QED) is 0.237. The predicted molar refractivity (Wildman–Crippen MR) is 135 cm³/mol. The maximum atomic E-state index is 14.0. The normalized spacial score (nSPS) is 14.8. The molecule has 192 valence electrons. The minimum Gasteiger partial charge on any atom is -0.490 e. The first kappa shape index (κ1) is 24.6. The number of carbonyl (C=O) groups excluding carboxylic acids is 1. The number of hydrogen-bond acceptors (Lipinski definition) is 6. The van der Waals surface area contributed by atoms with Crippen molar-refractivity contribution in [2.75, 3.05) is 13.2 Å². The molecule has 2 aromatic carbocycles. The number of unbranched alkanes of at least 4 members (excludes halogenated alkanes) is 2. The van der Waals surface area contributed by atoms with Gasteiger partial charge in [0.15, 0.2) is 16.9 Å². The molecule has 3 heterocycles. The average molecular weight is 506 g/mol. The Hall–Kier alpha value is -4.07. The van der Waals surface area contributed by atoms with Crippen LogP contribution in [0.5, 0.6) is 11.5 Å².